The van der Waals surface area contributed by atoms with Crippen molar-refractivity contribution in [2.24, 2.45) is 0 Å². The maximum absolute atomic E-state index is 13.7. The van der Waals surface area contributed by atoms with E-state index in [0.29, 0.717) is 12.4 Å². The van der Waals surface area contributed by atoms with Crippen LogP contribution >= 0.6 is 34.7 Å². The highest BCUT2D eigenvalue weighted by molar-refractivity contribution is 8.01. The van der Waals surface area contributed by atoms with Crippen LogP contribution in [0.5, 0.6) is 5.75 Å². The predicted molar refractivity (Wildman–Crippen MR) is 152 cm³/mol. The Bertz CT molecular complexity index is 1420. The molecule has 0 saturated heterocycles. The van der Waals surface area contributed by atoms with Crippen molar-refractivity contribution in [3.63, 3.8) is 0 Å². The van der Waals surface area contributed by atoms with Gasteiger partial charge in [0.05, 0.1) is 22.6 Å². The molecular weight excluding hydrogens is 508 g/mol. The molecule has 186 valence electrons. The van der Waals surface area contributed by atoms with Gasteiger partial charge in [-0.25, -0.2) is 4.98 Å². The molecule has 1 aliphatic rings. The zero-order chi connectivity index (χ0) is 25.5. The summed E-state index contributed by atoms with van der Waals surface area (Å²) in [5, 5.41) is 0.725. The van der Waals surface area contributed by atoms with Gasteiger partial charge in [-0.2, -0.15) is 0 Å². The number of hydrogen-bond acceptors (Lipinski definition) is 5. The normalized spacial score (nSPS) is 18.8. The lowest BCUT2D eigenvalue weighted by Crippen LogP contribution is -2.56. The quantitative estimate of drug-likeness (QED) is 0.234. The lowest BCUT2D eigenvalue weighted by Gasteiger charge is -2.51. The topological polar surface area (TPSA) is 42.4 Å². The smallest absolute Gasteiger partial charge is 0.237 e. The highest BCUT2D eigenvalue weighted by atomic mass is 35.5. The second-order valence-corrected chi connectivity index (χ2v) is 12.6. The molecule has 1 aliphatic heterocycles. The fraction of sp³-hybridized carbons (Fsp3) is 0.310. The Morgan fingerprint density at radius 1 is 1.11 bits per heavy atom. The highest BCUT2D eigenvalue weighted by Gasteiger charge is 2.47. The van der Waals surface area contributed by atoms with Crippen molar-refractivity contribution in [3.8, 4) is 5.75 Å². The van der Waals surface area contributed by atoms with Gasteiger partial charge in [0.1, 0.15) is 5.75 Å². The molecule has 0 N–H and O–H groups in total. The lowest BCUT2D eigenvalue weighted by molar-refractivity contribution is -0.117. The van der Waals surface area contributed by atoms with Crippen LogP contribution in [0.4, 0.5) is 5.69 Å². The van der Waals surface area contributed by atoms with Crippen LogP contribution in [0.15, 0.2) is 71.1 Å². The molecule has 0 bridgehead atoms. The van der Waals surface area contributed by atoms with E-state index in [0.717, 1.165) is 43.0 Å². The van der Waals surface area contributed by atoms with Gasteiger partial charge in [0.2, 0.25) is 5.91 Å². The number of anilines is 1. The van der Waals surface area contributed by atoms with Crippen LogP contribution in [0, 0.1) is 0 Å². The highest BCUT2D eigenvalue weighted by Crippen LogP contribution is 2.50. The number of para-hydroxylation sites is 1. The molecule has 1 aromatic heterocycles. The minimum absolute atomic E-state index is 0.0878. The van der Waals surface area contributed by atoms with Gasteiger partial charge in [-0.15, -0.1) is 11.3 Å². The van der Waals surface area contributed by atoms with Crippen molar-refractivity contribution in [2.45, 2.75) is 49.4 Å². The number of fused-ring (bicyclic) bond motifs is 2. The number of halogens is 1. The second-order valence-electron chi connectivity index (χ2n) is 9.91. The van der Waals surface area contributed by atoms with E-state index in [2.05, 4.69) is 51.1 Å². The molecule has 1 atom stereocenters. The first kappa shape index (κ1) is 25.1. The van der Waals surface area contributed by atoms with Crippen molar-refractivity contribution < 1.29 is 9.53 Å². The Labute approximate surface area is 225 Å². The molecule has 1 unspecified atom stereocenters. The summed E-state index contributed by atoms with van der Waals surface area (Å²) >= 11 is 9.29. The Morgan fingerprint density at radius 3 is 2.61 bits per heavy atom. The fourth-order valence-corrected chi connectivity index (χ4v) is 7.51. The van der Waals surface area contributed by atoms with E-state index >= 15 is 0 Å². The minimum Gasteiger partial charge on any atom is -0.494 e. The van der Waals surface area contributed by atoms with Crippen LogP contribution < -0.4 is 9.64 Å². The number of thiazole rings is 1. The van der Waals surface area contributed by atoms with Gasteiger partial charge in [0.15, 0.2) is 4.34 Å². The van der Waals surface area contributed by atoms with Crippen molar-refractivity contribution in [3.05, 3.63) is 82.9 Å². The molecule has 0 saturated carbocycles. The maximum Gasteiger partial charge on any atom is 0.237 e. The average molecular weight is 537 g/mol. The standard InChI is InChI=1S/C29H29ClN2O2S2/c1-5-34-21-14-15-23-25(16-21)36-27(31-23)35-17-26(33)32-24-9-7-6-8-22(24)29(4,18-28(32,2)3)19-10-12-20(30)13-11-19/h6-16H,5,17-18H2,1-4H3. The number of thioether (sulfide) groups is 1. The van der Waals surface area contributed by atoms with Gasteiger partial charge in [-0.05, 0) is 74.7 Å². The summed E-state index contributed by atoms with van der Waals surface area (Å²) in [6.45, 7) is 9.19. The number of aromatic nitrogens is 1. The van der Waals surface area contributed by atoms with Gasteiger partial charge in [0, 0.05) is 21.7 Å². The van der Waals surface area contributed by atoms with Crippen molar-refractivity contribution in [2.75, 3.05) is 17.3 Å². The summed E-state index contributed by atoms with van der Waals surface area (Å²) in [5.41, 5.74) is 3.66. The van der Waals surface area contributed by atoms with E-state index in [-0.39, 0.29) is 16.9 Å². The Hall–Kier alpha value is -2.54. The van der Waals surface area contributed by atoms with E-state index in [1.807, 2.05) is 48.2 Å². The summed E-state index contributed by atoms with van der Waals surface area (Å²) in [5.74, 6) is 1.26. The molecule has 0 fully saturated rings. The average Bonchev–Trinajstić information content (AvgIpc) is 3.25. The van der Waals surface area contributed by atoms with Crippen molar-refractivity contribution in [1.29, 1.82) is 0 Å². The summed E-state index contributed by atoms with van der Waals surface area (Å²) in [6.07, 6.45) is 0.802. The third-order valence-electron chi connectivity index (χ3n) is 6.83. The molecule has 7 heteroatoms. The number of amides is 1. The fourth-order valence-electron chi connectivity index (χ4n) is 5.44. The number of ether oxygens (including phenoxy) is 1. The number of carbonyl (C=O) groups excluding carboxylic acids is 1. The first-order valence-corrected chi connectivity index (χ1v) is 14.2. The van der Waals surface area contributed by atoms with Crippen LogP contribution in [-0.2, 0) is 10.2 Å². The molecular formula is C29H29ClN2O2S2. The lowest BCUT2D eigenvalue weighted by atomic mass is 9.65. The van der Waals surface area contributed by atoms with Crippen LogP contribution in [0.1, 0.15) is 45.2 Å². The van der Waals surface area contributed by atoms with Gasteiger partial charge in [0.25, 0.3) is 0 Å². The van der Waals surface area contributed by atoms with E-state index in [4.69, 9.17) is 21.3 Å². The zero-order valence-corrected chi connectivity index (χ0v) is 23.3. The SMILES string of the molecule is CCOc1ccc2nc(SCC(=O)N3c4ccccc4C(C)(c4ccc(Cl)cc4)CC3(C)C)sc2c1. The van der Waals surface area contributed by atoms with Crippen LogP contribution in [0.3, 0.4) is 0 Å². The van der Waals surface area contributed by atoms with Gasteiger partial charge >= 0.3 is 0 Å². The summed E-state index contributed by atoms with van der Waals surface area (Å²) in [7, 11) is 0. The van der Waals surface area contributed by atoms with Crippen LogP contribution in [0.25, 0.3) is 10.2 Å². The summed E-state index contributed by atoms with van der Waals surface area (Å²) in [4.78, 5) is 20.5. The van der Waals surface area contributed by atoms with Crippen molar-refractivity contribution >= 4 is 56.5 Å². The number of rotatable bonds is 6. The number of nitrogens with zero attached hydrogens (tertiary/aromatic N) is 2. The van der Waals surface area contributed by atoms with Crippen LogP contribution in [-0.4, -0.2) is 28.8 Å². The third-order valence-corrected chi connectivity index (χ3v) is 9.23. The maximum atomic E-state index is 13.7. The van der Waals surface area contributed by atoms with Gasteiger partial charge in [-0.3, -0.25) is 4.79 Å². The first-order valence-electron chi connectivity index (χ1n) is 12.1. The Kier molecular flexibility index (Phi) is 6.79. The van der Waals surface area contributed by atoms with E-state index in [9.17, 15) is 4.79 Å². The summed E-state index contributed by atoms with van der Waals surface area (Å²) in [6, 6.07) is 22.3. The van der Waals surface area contributed by atoms with Crippen molar-refractivity contribution in [1.82, 2.24) is 4.98 Å². The van der Waals surface area contributed by atoms with Gasteiger partial charge in [-0.1, -0.05) is 60.6 Å². The largest absolute Gasteiger partial charge is 0.494 e. The van der Waals surface area contributed by atoms with Gasteiger partial charge < -0.3 is 9.64 Å². The first-order chi connectivity index (χ1) is 17.2. The zero-order valence-electron chi connectivity index (χ0n) is 20.9. The third kappa shape index (κ3) is 4.62. The number of carbonyl (C=O) groups is 1. The Morgan fingerprint density at radius 2 is 1.86 bits per heavy atom. The molecule has 2 heterocycles. The summed E-state index contributed by atoms with van der Waals surface area (Å²) < 4.78 is 7.57. The minimum atomic E-state index is -0.375. The molecule has 4 nitrogen and oxygen atoms in total. The molecule has 0 radical (unpaired) electrons. The monoisotopic (exact) mass is 536 g/mol. The molecule has 0 spiro atoms. The molecule has 3 aromatic carbocycles. The molecule has 4 aromatic rings. The Balaban J connectivity index is 1.42. The van der Waals surface area contributed by atoms with E-state index < -0.39 is 0 Å². The molecule has 5 rings (SSSR count). The molecule has 0 aliphatic carbocycles. The van der Waals surface area contributed by atoms with E-state index in [1.165, 1.54) is 17.3 Å². The molecule has 1 amide bonds. The molecule has 36 heavy (non-hydrogen) atoms. The number of hydrogen-bond donors (Lipinski definition) is 0. The second kappa shape index (κ2) is 9.73. The van der Waals surface area contributed by atoms with Crippen LogP contribution in [0.2, 0.25) is 5.02 Å². The van der Waals surface area contributed by atoms with E-state index in [1.54, 1.807) is 11.3 Å². The predicted octanol–water partition coefficient (Wildman–Crippen LogP) is 7.96. The number of benzene rings is 3.